The molecule has 0 spiro atoms. The molecule has 0 amide bonds. The maximum Gasteiger partial charge on any atom is 0.271 e. The number of carbonyl (C=O) groups is 1. The Morgan fingerprint density at radius 1 is 1.26 bits per heavy atom. The summed E-state index contributed by atoms with van der Waals surface area (Å²) in [7, 11) is -3.58. The fraction of sp³-hybridized carbons (Fsp3) is 0.0833. The first kappa shape index (κ1) is 14.2. The van der Waals surface area contributed by atoms with E-state index >= 15 is 0 Å². The molecule has 1 aromatic heterocycles. The van der Waals surface area contributed by atoms with Crippen LogP contribution in [-0.4, -0.2) is 14.7 Å². The van der Waals surface area contributed by atoms with Crippen molar-refractivity contribution in [3.05, 3.63) is 45.2 Å². The van der Waals surface area contributed by atoms with E-state index in [0.717, 1.165) is 20.7 Å². The van der Waals surface area contributed by atoms with E-state index in [1.54, 1.807) is 30.3 Å². The minimum Gasteiger partial charge on any atom is -0.298 e. The van der Waals surface area contributed by atoms with Crippen molar-refractivity contribution < 1.29 is 13.2 Å². The Bertz CT molecular complexity index is 686. The second-order valence-corrected chi connectivity index (χ2v) is 8.15. The van der Waals surface area contributed by atoms with Gasteiger partial charge in [0.1, 0.15) is 10.5 Å². The van der Waals surface area contributed by atoms with Gasteiger partial charge in [0.15, 0.2) is 0 Å². The highest BCUT2D eigenvalue weighted by Gasteiger charge is 2.18. The maximum absolute atomic E-state index is 12.1. The van der Waals surface area contributed by atoms with E-state index in [-0.39, 0.29) is 4.21 Å². The molecule has 2 aromatic rings. The molecule has 0 saturated carbocycles. The molecule has 0 bridgehead atoms. The molecule has 7 heteroatoms. The van der Waals surface area contributed by atoms with Crippen molar-refractivity contribution in [2.75, 3.05) is 4.72 Å². The predicted octanol–water partition coefficient (Wildman–Crippen LogP) is 3.43. The number of halogens is 1. The summed E-state index contributed by atoms with van der Waals surface area (Å²) in [4.78, 5) is 10.5. The topological polar surface area (TPSA) is 63.2 Å². The minimum atomic E-state index is -3.58. The Kier molecular flexibility index (Phi) is 4.07. The zero-order valence-electron chi connectivity index (χ0n) is 9.88. The highest BCUT2D eigenvalue weighted by atomic mass is 79.9. The lowest BCUT2D eigenvalue weighted by Gasteiger charge is -2.05. The molecule has 0 aliphatic carbocycles. The number of rotatable bonds is 4. The van der Waals surface area contributed by atoms with Crippen LogP contribution in [0.4, 0.5) is 5.69 Å². The number of benzene rings is 1. The molecule has 1 N–H and O–H groups in total. The van der Waals surface area contributed by atoms with E-state index in [2.05, 4.69) is 20.7 Å². The number of aryl methyl sites for hydroxylation is 1. The molecular weight excluding hydrogens is 350 g/mol. The highest BCUT2D eigenvalue weighted by molar-refractivity contribution is 9.11. The largest absolute Gasteiger partial charge is 0.298 e. The molecule has 1 heterocycles. The maximum atomic E-state index is 12.1. The average Bonchev–Trinajstić information content (AvgIpc) is 2.71. The fourth-order valence-electron chi connectivity index (χ4n) is 1.40. The monoisotopic (exact) mass is 359 g/mol. The summed E-state index contributed by atoms with van der Waals surface area (Å²) in [5.41, 5.74) is 1.80. The molecule has 4 nitrogen and oxygen atoms in total. The van der Waals surface area contributed by atoms with Gasteiger partial charge in [-0.15, -0.1) is 11.3 Å². The van der Waals surface area contributed by atoms with Gasteiger partial charge in [-0.25, -0.2) is 8.42 Å². The molecule has 0 saturated heterocycles. The molecule has 19 heavy (non-hydrogen) atoms. The van der Waals surface area contributed by atoms with Crippen LogP contribution in [0.1, 0.15) is 15.9 Å². The molecular formula is C12H10BrNO3S2. The smallest absolute Gasteiger partial charge is 0.271 e. The fourth-order valence-corrected chi connectivity index (χ4v) is 4.68. The van der Waals surface area contributed by atoms with Gasteiger partial charge in [-0.3, -0.25) is 9.52 Å². The normalized spacial score (nSPS) is 11.3. The summed E-state index contributed by atoms with van der Waals surface area (Å²) in [5, 5.41) is 0. The van der Waals surface area contributed by atoms with E-state index in [1.165, 1.54) is 0 Å². The number of hydrogen-bond acceptors (Lipinski definition) is 4. The number of thiophene rings is 1. The molecule has 1 aromatic carbocycles. The van der Waals surface area contributed by atoms with Gasteiger partial charge in [-0.05, 0) is 58.7 Å². The average molecular weight is 360 g/mol. The summed E-state index contributed by atoms with van der Waals surface area (Å²) in [6.45, 7) is 1.83. The summed E-state index contributed by atoms with van der Waals surface area (Å²) in [6.07, 6.45) is 0.706. The van der Waals surface area contributed by atoms with Crippen LogP contribution in [0.2, 0.25) is 0 Å². The third-order valence-corrected chi connectivity index (χ3v) is 6.39. The Labute approximate surface area is 123 Å². The summed E-state index contributed by atoms with van der Waals surface area (Å²) >= 11 is 4.46. The van der Waals surface area contributed by atoms with Crippen LogP contribution < -0.4 is 4.72 Å². The zero-order chi connectivity index (χ0) is 14.0. The Morgan fingerprint density at radius 2 is 1.89 bits per heavy atom. The van der Waals surface area contributed by atoms with Crippen molar-refractivity contribution in [1.29, 1.82) is 0 Å². The van der Waals surface area contributed by atoms with Gasteiger partial charge in [-0.1, -0.05) is 0 Å². The molecule has 0 unspecified atom stereocenters. The number of sulfonamides is 1. The van der Waals surface area contributed by atoms with Crippen LogP contribution in [0.5, 0.6) is 0 Å². The van der Waals surface area contributed by atoms with Crippen LogP contribution in [0.3, 0.4) is 0 Å². The quantitative estimate of drug-likeness (QED) is 0.850. The standard InChI is InChI=1S/C12H10BrNO3S2/c1-8-6-11(18-12(8)13)19(16,17)14-10-4-2-9(7-15)3-5-10/h2-7,14H,1H3. The molecule has 0 fully saturated rings. The zero-order valence-corrected chi connectivity index (χ0v) is 13.1. The summed E-state index contributed by atoms with van der Waals surface area (Å²) < 4.78 is 27.8. The summed E-state index contributed by atoms with van der Waals surface area (Å²) in [5.74, 6) is 0. The molecule has 0 radical (unpaired) electrons. The van der Waals surface area contributed by atoms with Gasteiger partial charge in [0, 0.05) is 11.3 Å². The first-order chi connectivity index (χ1) is 8.92. The minimum absolute atomic E-state index is 0.247. The molecule has 0 atom stereocenters. The highest BCUT2D eigenvalue weighted by Crippen LogP contribution is 2.31. The van der Waals surface area contributed by atoms with E-state index in [4.69, 9.17) is 0 Å². The lowest BCUT2D eigenvalue weighted by Crippen LogP contribution is -2.11. The van der Waals surface area contributed by atoms with Crippen molar-refractivity contribution in [2.45, 2.75) is 11.1 Å². The second-order valence-electron chi connectivity index (χ2n) is 3.87. The third-order valence-electron chi connectivity index (χ3n) is 2.40. The van der Waals surface area contributed by atoms with Crippen LogP contribution in [0.15, 0.2) is 38.3 Å². The first-order valence-electron chi connectivity index (χ1n) is 5.26. The number of hydrogen-bond donors (Lipinski definition) is 1. The summed E-state index contributed by atoms with van der Waals surface area (Å²) in [6, 6.07) is 7.82. The van der Waals surface area contributed by atoms with Crippen LogP contribution in [0, 0.1) is 6.92 Å². The number of anilines is 1. The number of aldehydes is 1. The van der Waals surface area contributed by atoms with Gasteiger partial charge >= 0.3 is 0 Å². The van der Waals surface area contributed by atoms with E-state index in [1.807, 2.05) is 6.92 Å². The van der Waals surface area contributed by atoms with Gasteiger partial charge in [0.05, 0.1) is 3.79 Å². The predicted molar refractivity (Wildman–Crippen MR) is 79.4 cm³/mol. The lowest BCUT2D eigenvalue weighted by molar-refractivity contribution is 0.112. The van der Waals surface area contributed by atoms with Gasteiger partial charge < -0.3 is 0 Å². The van der Waals surface area contributed by atoms with E-state index in [0.29, 0.717) is 17.5 Å². The van der Waals surface area contributed by atoms with Crippen molar-refractivity contribution in [3.8, 4) is 0 Å². The Hall–Kier alpha value is -1.18. The lowest BCUT2D eigenvalue weighted by atomic mass is 10.2. The van der Waals surface area contributed by atoms with Crippen LogP contribution in [-0.2, 0) is 10.0 Å². The van der Waals surface area contributed by atoms with Gasteiger partial charge in [0.2, 0.25) is 0 Å². The van der Waals surface area contributed by atoms with Crippen molar-refractivity contribution in [1.82, 2.24) is 0 Å². The Balaban J connectivity index is 2.27. The second kappa shape index (κ2) is 5.44. The number of nitrogens with one attached hydrogen (secondary N) is 1. The van der Waals surface area contributed by atoms with E-state index in [9.17, 15) is 13.2 Å². The first-order valence-corrected chi connectivity index (χ1v) is 8.35. The van der Waals surface area contributed by atoms with Crippen LogP contribution in [0.25, 0.3) is 0 Å². The SMILES string of the molecule is Cc1cc(S(=O)(=O)Nc2ccc(C=O)cc2)sc1Br. The van der Waals surface area contributed by atoms with Crippen molar-refractivity contribution >= 4 is 49.3 Å². The number of carbonyl (C=O) groups excluding carboxylic acids is 1. The van der Waals surface area contributed by atoms with Crippen LogP contribution >= 0.6 is 27.3 Å². The van der Waals surface area contributed by atoms with Gasteiger partial charge in [0.25, 0.3) is 10.0 Å². The van der Waals surface area contributed by atoms with Crippen molar-refractivity contribution in [2.24, 2.45) is 0 Å². The Morgan fingerprint density at radius 3 is 2.37 bits per heavy atom. The third kappa shape index (κ3) is 3.23. The van der Waals surface area contributed by atoms with Gasteiger partial charge in [-0.2, -0.15) is 0 Å². The molecule has 0 aliphatic rings. The van der Waals surface area contributed by atoms with Crippen molar-refractivity contribution in [3.63, 3.8) is 0 Å². The van der Waals surface area contributed by atoms with E-state index < -0.39 is 10.0 Å². The molecule has 0 aliphatic heterocycles. The molecule has 100 valence electrons. The molecule has 2 rings (SSSR count).